The molecule has 1 fully saturated rings. The molecular formula is C22H21N3O5. The van der Waals surface area contributed by atoms with E-state index in [4.69, 9.17) is 4.74 Å². The quantitative estimate of drug-likeness (QED) is 0.440. The average molecular weight is 407 g/mol. The van der Waals surface area contributed by atoms with E-state index in [2.05, 4.69) is 0 Å². The first kappa shape index (κ1) is 19.8. The van der Waals surface area contributed by atoms with Crippen LogP contribution >= 0.6 is 0 Å². The molecule has 0 bridgehead atoms. The Labute approximate surface area is 173 Å². The van der Waals surface area contributed by atoms with E-state index in [0.717, 1.165) is 11.1 Å². The van der Waals surface area contributed by atoms with Gasteiger partial charge in [0.1, 0.15) is 5.70 Å². The summed E-state index contributed by atoms with van der Waals surface area (Å²) in [5, 5.41) is 11.0. The van der Waals surface area contributed by atoms with Crippen LogP contribution in [0.25, 0.3) is 5.57 Å². The van der Waals surface area contributed by atoms with E-state index >= 15 is 0 Å². The van der Waals surface area contributed by atoms with Gasteiger partial charge in [-0.3, -0.25) is 19.7 Å². The van der Waals surface area contributed by atoms with Crippen molar-refractivity contribution in [2.45, 2.75) is 13.8 Å². The van der Waals surface area contributed by atoms with Gasteiger partial charge in [-0.25, -0.2) is 4.90 Å². The molecule has 0 aliphatic carbocycles. The van der Waals surface area contributed by atoms with E-state index in [1.54, 1.807) is 6.07 Å². The van der Waals surface area contributed by atoms with Crippen LogP contribution in [-0.2, 0) is 14.3 Å². The molecule has 8 nitrogen and oxygen atoms in total. The number of carbonyl (C=O) groups excluding carboxylic acids is 2. The van der Waals surface area contributed by atoms with Crippen molar-refractivity contribution in [2.24, 2.45) is 0 Å². The molecule has 0 unspecified atom stereocenters. The van der Waals surface area contributed by atoms with E-state index < -0.39 is 16.7 Å². The number of carbonyl (C=O) groups is 2. The molecule has 30 heavy (non-hydrogen) atoms. The van der Waals surface area contributed by atoms with Gasteiger partial charge in [0.05, 0.1) is 29.4 Å². The predicted octanol–water partition coefficient (Wildman–Crippen LogP) is 2.83. The minimum atomic E-state index is -0.496. The van der Waals surface area contributed by atoms with Crippen LogP contribution in [0.1, 0.15) is 16.7 Å². The molecule has 154 valence electrons. The second-order valence-corrected chi connectivity index (χ2v) is 7.34. The smallest absolute Gasteiger partial charge is 0.282 e. The summed E-state index contributed by atoms with van der Waals surface area (Å²) < 4.78 is 5.40. The molecule has 2 amide bonds. The zero-order valence-electron chi connectivity index (χ0n) is 16.8. The van der Waals surface area contributed by atoms with Crippen molar-refractivity contribution < 1.29 is 19.2 Å². The maximum absolute atomic E-state index is 13.4. The average Bonchev–Trinajstić information content (AvgIpc) is 3.01. The summed E-state index contributed by atoms with van der Waals surface area (Å²) in [6.45, 7) is 5.80. The summed E-state index contributed by atoms with van der Waals surface area (Å²) in [6, 6.07) is 11.2. The molecule has 4 rings (SSSR count). The molecule has 0 N–H and O–H groups in total. The van der Waals surface area contributed by atoms with Crippen molar-refractivity contribution in [3.63, 3.8) is 0 Å². The molecule has 0 saturated carbocycles. The van der Waals surface area contributed by atoms with Gasteiger partial charge in [0.15, 0.2) is 0 Å². The highest BCUT2D eigenvalue weighted by Crippen LogP contribution is 2.36. The molecule has 0 spiro atoms. The Kier molecular flexibility index (Phi) is 5.09. The van der Waals surface area contributed by atoms with Crippen molar-refractivity contribution in [2.75, 3.05) is 31.2 Å². The number of aryl methyl sites for hydroxylation is 2. The summed E-state index contributed by atoms with van der Waals surface area (Å²) in [4.78, 5) is 40.4. The van der Waals surface area contributed by atoms with Crippen molar-refractivity contribution in [1.82, 2.24) is 4.90 Å². The van der Waals surface area contributed by atoms with E-state index in [-0.39, 0.29) is 11.3 Å². The minimum Gasteiger partial charge on any atom is -0.378 e. The number of non-ortho nitro benzene ring substituents is 1. The molecule has 2 aromatic carbocycles. The number of anilines is 1. The molecule has 0 atom stereocenters. The molecular weight excluding hydrogens is 386 g/mol. The van der Waals surface area contributed by atoms with Gasteiger partial charge in [-0.2, -0.15) is 0 Å². The first-order valence-electron chi connectivity index (χ1n) is 9.66. The Morgan fingerprint density at radius 1 is 0.933 bits per heavy atom. The highest BCUT2D eigenvalue weighted by Gasteiger charge is 2.42. The largest absolute Gasteiger partial charge is 0.378 e. The third-order valence-electron chi connectivity index (χ3n) is 5.50. The van der Waals surface area contributed by atoms with Crippen molar-refractivity contribution >= 4 is 28.8 Å². The second kappa shape index (κ2) is 7.72. The highest BCUT2D eigenvalue weighted by atomic mass is 16.6. The summed E-state index contributed by atoms with van der Waals surface area (Å²) in [6.07, 6.45) is 0. The van der Waals surface area contributed by atoms with Gasteiger partial charge in [0.25, 0.3) is 17.5 Å². The molecule has 8 heteroatoms. The lowest BCUT2D eigenvalue weighted by molar-refractivity contribution is -0.384. The molecule has 2 heterocycles. The van der Waals surface area contributed by atoms with Crippen LogP contribution in [0.2, 0.25) is 0 Å². The predicted molar refractivity (Wildman–Crippen MR) is 111 cm³/mol. The summed E-state index contributed by atoms with van der Waals surface area (Å²) in [5.41, 5.74) is 3.53. The third-order valence-corrected chi connectivity index (χ3v) is 5.50. The molecule has 2 aromatic rings. The fourth-order valence-electron chi connectivity index (χ4n) is 3.71. The lowest BCUT2D eigenvalue weighted by Gasteiger charge is -2.29. The Bertz CT molecular complexity index is 1070. The number of hydrogen-bond donors (Lipinski definition) is 0. The van der Waals surface area contributed by atoms with Crippen LogP contribution in [-0.4, -0.2) is 47.9 Å². The lowest BCUT2D eigenvalue weighted by atomic mass is 10.0. The minimum absolute atomic E-state index is 0.0740. The van der Waals surface area contributed by atoms with Gasteiger partial charge in [0, 0.05) is 25.2 Å². The Hall–Kier alpha value is -3.52. The van der Waals surface area contributed by atoms with Gasteiger partial charge in [-0.05, 0) is 54.8 Å². The zero-order chi connectivity index (χ0) is 21.4. The van der Waals surface area contributed by atoms with Crippen LogP contribution in [0, 0.1) is 24.0 Å². The third kappa shape index (κ3) is 3.35. The van der Waals surface area contributed by atoms with Crippen LogP contribution in [0.15, 0.2) is 48.2 Å². The second-order valence-electron chi connectivity index (χ2n) is 7.34. The summed E-state index contributed by atoms with van der Waals surface area (Å²) in [7, 11) is 0. The number of nitrogens with zero attached hydrogens (tertiary/aromatic N) is 3. The number of morpholine rings is 1. The van der Waals surface area contributed by atoms with Gasteiger partial charge >= 0.3 is 0 Å². The number of nitro benzene ring substituents is 1. The van der Waals surface area contributed by atoms with Crippen molar-refractivity contribution in [3.8, 4) is 0 Å². The molecule has 0 radical (unpaired) electrons. The zero-order valence-corrected chi connectivity index (χ0v) is 16.8. The first-order chi connectivity index (χ1) is 14.4. The normalized spacial score (nSPS) is 17.1. The molecule has 1 saturated heterocycles. The van der Waals surface area contributed by atoms with E-state index in [1.807, 2.05) is 30.9 Å². The summed E-state index contributed by atoms with van der Waals surface area (Å²) in [5.74, 6) is -0.822. The SMILES string of the molecule is Cc1ccc(N2C(=O)C(c3ccc([N+](=O)[O-])cc3)=C(N3CCOCC3)C2=O)cc1C. The Morgan fingerprint density at radius 2 is 1.60 bits per heavy atom. The highest BCUT2D eigenvalue weighted by molar-refractivity contribution is 6.45. The van der Waals surface area contributed by atoms with Crippen LogP contribution in [0.5, 0.6) is 0 Å². The van der Waals surface area contributed by atoms with Crippen LogP contribution in [0.4, 0.5) is 11.4 Å². The topological polar surface area (TPSA) is 93.0 Å². The van der Waals surface area contributed by atoms with Crippen LogP contribution in [0.3, 0.4) is 0 Å². The van der Waals surface area contributed by atoms with Gasteiger partial charge < -0.3 is 9.64 Å². The van der Waals surface area contributed by atoms with E-state index in [9.17, 15) is 19.7 Å². The monoisotopic (exact) mass is 407 g/mol. The number of benzene rings is 2. The Morgan fingerprint density at radius 3 is 2.20 bits per heavy atom. The number of imide groups is 1. The van der Waals surface area contributed by atoms with E-state index in [0.29, 0.717) is 43.3 Å². The fourth-order valence-corrected chi connectivity index (χ4v) is 3.71. The van der Waals surface area contributed by atoms with Gasteiger partial charge in [-0.15, -0.1) is 0 Å². The lowest BCUT2D eigenvalue weighted by Crippen LogP contribution is -2.40. The maximum atomic E-state index is 13.4. The Balaban J connectivity index is 1.81. The number of ether oxygens (including phenoxy) is 1. The first-order valence-corrected chi connectivity index (χ1v) is 9.66. The number of nitro groups is 1. The maximum Gasteiger partial charge on any atom is 0.282 e. The number of rotatable bonds is 4. The van der Waals surface area contributed by atoms with Gasteiger partial charge in [0.2, 0.25) is 0 Å². The van der Waals surface area contributed by atoms with Crippen molar-refractivity contribution in [3.05, 3.63) is 75.0 Å². The fraction of sp³-hybridized carbons (Fsp3) is 0.273. The van der Waals surface area contributed by atoms with Gasteiger partial charge in [-0.1, -0.05) is 6.07 Å². The van der Waals surface area contributed by atoms with Crippen molar-refractivity contribution in [1.29, 1.82) is 0 Å². The summed E-state index contributed by atoms with van der Waals surface area (Å²) >= 11 is 0. The molecule has 0 aromatic heterocycles. The molecule has 2 aliphatic rings. The van der Waals surface area contributed by atoms with Crippen LogP contribution < -0.4 is 4.90 Å². The number of hydrogen-bond acceptors (Lipinski definition) is 6. The number of amides is 2. The standard InChI is InChI=1S/C22H21N3O5/c1-14-3-6-18(13-15(14)2)24-21(26)19(16-4-7-17(8-5-16)25(28)29)20(22(24)27)23-9-11-30-12-10-23/h3-8,13H,9-12H2,1-2H3. The van der Waals surface area contributed by atoms with E-state index in [1.165, 1.54) is 29.2 Å². The molecule has 2 aliphatic heterocycles.